The van der Waals surface area contributed by atoms with Gasteiger partial charge in [0.05, 0.1) is 26.2 Å². The number of benzene rings is 2. The zero-order valence-electron chi connectivity index (χ0n) is 43.8. The SMILES string of the molecule is NC(=O)CN1CCN(CC(N)=O)CCN(CC(N)=O)C(Cc2ccc(NC(=S)NCC3CCC(C(=O)N(CCCC[C@@H](NC(=O)N[C@H](CCC(=O)O)C(=O)O)C(=O)O)Cc4ccc(Br)cc4)CC3)cc2)CN(CC(N)=O)CC1. The van der Waals surface area contributed by atoms with Crippen LogP contribution < -0.4 is 44.2 Å². The van der Waals surface area contributed by atoms with Crippen molar-refractivity contribution in [3.05, 3.63) is 64.1 Å². The third-order valence-corrected chi connectivity index (χ3v) is 14.5. The summed E-state index contributed by atoms with van der Waals surface area (Å²) in [5.41, 5.74) is 25.1. The second kappa shape index (κ2) is 33.0. The van der Waals surface area contributed by atoms with E-state index in [2.05, 4.69) is 37.2 Å². The van der Waals surface area contributed by atoms with Gasteiger partial charge in [-0.15, -0.1) is 0 Å². The highest BCUT2D eigenvalue weighted by Gasteiger charge is 2.31. The minimum atomic E-state index is -1.52. The van der Waals surface area contributed by atoms with Gasteiger partial charge in [-0.1, -0.05) is 40.2 Å². The van der Waals surface area contributed by atoms with Gasteiger partial charge in [-0.2, -0.15) is 0 Å². The second-order valence-corrected chi connectivity index (χ2v) is 21.3. The average Bonchev–Trinajstić information content (AvgIpc) is 3.37. The third-order valence-electron chi connectivity index (χ3n) is 13.7. The lowest BCUT2D eigenvalue weighted by atomic mass is 9.81. The molecule has 2 aromatic carbocycles. The number of nitrogens with zero attached hydrogens (tertiary/aromatic N) is 5. The summed E-state index contributed by atoms with van der Waals surface area (Å²) in [6.07, 6.45) is 3.17. The zero-order valence-corrected chi connectivity index (χ0v) is 46.2. The predicted octanol–water partition coefficient (Wildman–Crippen LogP) is -0.115. The molecular formula is C51H76BrN13O12S. The van der Waals surface area contributed by atoms with E-state index in [1.807, 2.05) is 68.1 Å². The number of nitrogens with one attached hydrogen (secondary N) is 4. The molecule has 2 aromatic rings. The number of hydrogen-bond donors (Lipinski definition) is 11. The zero-order chi connectivity index (χ0) is 57.3. The van der Waals surface area contributed by atoms with Crippen molar-refractivity contribution >= 4 is 92.4 Å². The Bertz CT molecular complexity index is 2360. The lowest BCUT2D eigenvalue weighted by Crippen LogP contribution is -2.54. The molecule has 3 atom stereocenters. The molecule has 430 valence electrons. The van der Waals surface area contributed by atoms with Gasteiger partial charge in [-0.05, 0) is 111 Å². The highest BCUT2D eigenvalue weighted by molar-refractivity contribution is 9.10. The molecule has 1 unspecified atom stereocenters. The van der Waals surface area contributed by atoms with Crippen molar-refractivity contribution in [3.63, 3.8) is 0 Å². The van der Waals surface area contributed by atoms with E-state index in [1.54, 1.807) is 4.90 Å². The van der Waals surface area contributed by atoms with Gasteiger partial charge < -0.3 is 64.4 Å². The fourth-order valence-corrected chi connectivity index (χ4v) is 10.1. The van der Waals surface area contributed by atoms with Crippen molar-refractivity contribution in [2.75, 3.05) is 90.4 Å². The van der Waals surface area contributed by atoms with Crippen molar-refractivity contribution in [2.24, 2.45) is 34.8 Å². The summed E-state index contributed by atoms with van der Waals surface area (Å²) in [6.45, 7) is 3.62. The van der Waals surface area contributed by atoms with Crippen molar-refractivity contribution in [1.29, 1.82) is 0 Å². The Morgan fingerprint density at radius 3 is 1.71 bits per heavy atom. The lowest BCUT2D eigenvalue weighted by molar-refractivity contribution is -0.141. The molecule has 1 heterocycles. The number of unbranched alkanes of at least 4 members (excludes halogenated alkanes) is 1. The van der Waals surface area contributed by atoms with Gasteiger partial charge >= 0.3 is 23.9 Å². The number of aliphatic carboxylic acids is 3. The number of halogens is 1. The number of rotatable bonds is 28. The van der Waals surface area contributed by atoms with E-state index in [0.29, 0.717) is 103 Å². The minimum absolute atomic E-state index is 0.000708. The number of amides is 7. The maximum Gasteiger partial charge on any atom is 0.326 e. The van der Waals surface area contributed by atoms with Crippen molar-refractivity contribution < 1.29 is 58.5 Å². The number of urea groups is 1. The maximum absolute atomic E-state index is 14.1. The molecule has 1 aliphatic carbocycles. The van der Waals surface area contributed by atoms with Gasteiger partial charge in [-0.3, -0.25) is 48.4 Å². The van der Waals surface area contributed by atoms with E-state index >= 15 is 0 Å². The Morgan fingerprint density at radius 1 is 0.654 bits per heavy atom. The number of carboxylic acid groups (broad SMARTS) is 3. The standard InChI is InChI=1S/C51H76BrN13O12S/c52-37-12-6-35(7-13-37)27-65(18-2-1-3-40(48(73)74)59-50(77)60-41(49(75)76)16-17-46(70)71)47(72)36-10-4-34(5-11-36)26-57-51(78)58-38-14-8-33(9-15-38)25-39-28-63(31-44(55)68)22-21-61(29-42(53)66)19-20-62(30-43(54)67)23-24-64(39)32-45(56)69/h6-9,12-15,34,36,39-41H,1-5,10-11,16-32H2,(H2,53,66)(H2,54,67)(H2,55,68)(H2,56,69)(H,70,71)(H,73,74)(H,75,76)(H2,57,58,78)(H2,59,60,77)/t34?,36?,39?,40-,41-/m1/s1. The fraction of sp³-hybridized carbons (Fsp3) is 0.569. The number of nitrogens with two attached hydrogens (primary N) is 4. The van der Waals surface area contributed by atoms with E-state index in [0.717, 1.165) is 34.1 Å². The summed E-state index contributed by atoms with van der Waals surface area (Å²) in [4.78, 5) is 119. The summed E-state index contributed by atoms with van der Waals surface area (Å²) < 4.78 is 0.884. The predicted molar refractivity (Wildman–Crippen MR) is 296 cm³/mol. The molecule has 25 nitrogen and oxygen atoms in total. The van der Waals surface area contributed by atoms with Crippen LogP contribution in [-0.2, 0) is 51.3 Å². The topological polar surface area (TPSA) is 383 Å². The van der Waals surface area contributed by atoms with Crippen LogP contribution in [0, 0.1) is 11.8 Å². The molecule has 27 heteroatoms. The van der Waals surface area contributed by atoms with Crippen molar-refractivity contribution in [3.8, 4) is 0 Å². The Morgan fingerprint density at radius 2 is 1.17 bits per heavy atom. The van der Waals surface area contributed by atoms with Crippen LogP contribution in [0.3, 0.4) is 0 Å². The first kappa shape index (κ1) is 64.0. The Kier molecular flexibility index (Phi) is 27.1. The molecule has 1 aliphatic heterocycles. The van der Waals surface area contributed by atoms with Crippen LogP contribution in [0.15, 0.2) is 53.0 Å². The lowest BCUT2D eigenvalue weighted by Gasteiger charge is -2.38. The average molecular weight is 1180 g/mol. The van der Waals surface area contributed by atoms with Crippen LogP contribution in [0.25, 0.3) is 0 Å². The first-order chi connectivity index (χ1) is 37.0. The highest BCUT2D eigenvalue weighted by atomic mass is 79.9. The molecule has 0 aromatic heterocycles. The summed E-state index contributed by atoms with van der Waals surface area (Å²) in [6, 6.07) is 11.0. The smallest absolute Gasteiger partial charge is 0.326 e. The number of hydrogen-bond acceptors (Lipinski definition) is 14. The van der Waals surface area contributed by atoms with E-state index in [4.69, 9.17) is 40.3 Å². The molecule has 2 fully saturated rings. The van der Waals surface area contributed by atoms with Gasteiger partial charge in [0, 0.05) is 94.0 Å². The largest absolute Gasteiger partial charge is 0.481 e. The maximum atomic E-state index is 14.1. The first-order valence-corrected chi connectivity index (χ1v) is 27.2. The highest BCUT2D eigenvalue weighted by Crippen LogP contribution is 2.31. The van der Waals surface area contributed by atoms with Crippen molar-refractivity contribution in [2.45, 2.75) is 88.9 Å². The Labute approximate surface area is 467 Å². The first-order valence-electron chi connectivity index (χ1n) is 26.0. The molecule has 15 N–H and O–H groups in total. The molecule has 2 aliphatic rings. The van der Waals surface area contributed by atoms with Gasteiger partial charge in [0.15, 0.2) is 5.11 Å². The normalized spacial score (nSPS) is 18.9. The van der Waals surface area contributed by atoms with Crippen LogP contribution in [0.1, 0.15) is 68.9 Å². The summed E-state index contributed by atoms with van der Waals surface area (Å²) in [5, 5.41) is 39.5. The number of thiocarbonyl (C=S) groups is 1. The molecule has 4 rings (SSSR count). The molecular weight excluding hydrogens is 1100 g/mol. The second-order valence-electron chi connectivity index (χ2n) is 19.9. The van der Waals surface area contributed by atoms with E-state index in [9.17, 15) is 53.4 Å². The van der Waals surface area contributed by atoms with E-state index < -0.39 is 66.1 Å². The number of anilines is 1. The summed E-state index contributed by atoms with van der Waals surface area (Å²) in [5.74, 6) is -6.14. The van der Waals surface area contributed by atoms with Crippen LogP contribution >= 0.6 is 28.1 Å². The monoisotopic (exact) mass is 1170 g/mol. The molecule has 1 saturated carbocycles. The minimum Gasteiger partial charge on any atom is -0.481 e. The number of carboxylic acids is 3. The van der Waals surface area contributed by atoms with Gasteiger partial charge in [0.2, 0.25) is 29.5 Å². The number of carbonyl (C=O) groups excluding carboxylic acids is 6. The molecule has 0 radical (unpaired) electrons. The molecule has 1 saturated heterocycles. The van der Waals surface area contributed by atoms with Gasteiger partial charge in [0.1, 0.15) is 12.1 Å². The molecule has 0 spiro atoms. The van der Waals surface area contributed by atoms with Crippen molar-refractivity contribution in [1.82, 2.24) is 40.4 Å². The van der Waals surface area contributed by atoms with Crippen LogP contribution in [-0.4, -0.2) is 202 Å². The van der Waals surface area contributed by atoms with Crippen LogP contribution in [0.2, 0.25) is 0 Å². The quantitative estimate of drug-likeness (QED) is 0.0391. The Hall–Kier alpha value is -6.52. The van der Waals surface area contributed by atoms with Crippen LogP contribution in [0.5, 0.6) is 0 Å². The van der Waals surface area contributed by atoms with Gasteiger partial charge in [0.25, 0.3) is 0 Å². The number of primary amides is 4. The van der Waals surface area contributed by atoms with Gasteiger partial charge in [-0.25, -0.2) is 14.4 Å². The molecule has 7 amide bonds. The number of carbonyl (C=O) groups is 9. The van der Waals surface area contributed by atoms with Crippen LogP contribution in [0.4, 0.5) is 10.5 Å². The molecule has 78 heavy (non-hydrogen) atoms. The summed E-state index contributed by atoms with van der Waals surface area (Å²) >= 11 is 9.14. The van der Waals surface area contributed by atoms with E-state index in [-0.39, 0.29) is 62.8 Å². The summed E-state index contributed by atoms with van der Waals surface area (Å²) in [7, 11) is 0. The third kappa shape index (κ3) is 24.4. The Balaban J connectivity index is 1.33. The van der Waals surface area contributed by atoms with E-state index in [1.165, 1.54) is 0 Å². The fourth-order valence-electron chi connectivity index (χ4n) is 9.62. The molecule has 0 bridgehead atoms.